The number of ether oxygens (including phenoxy) is 1. The lowest BCUT2D eigenvalue weighted by molar-refractivity contribution is -0.121. The number of hydrogen-bond acceptors (Lipinski definition) is 5. The summed E-state index contributed by atoms with van der Waals surface area (Å²) in [6.45, 7) is 1.24. The first-order chi connectivity index (χ1) is 13.1. The van der Waals surface area contributed by atoms with E-state index in [0.29, 0.717) is 34.7 Å². The number of rotatable bonds is 3. The molecule has 1 aliphatic rings. The number of benzene rings is 2. The molecule has 1 atom stereocenters. The van der Waals surface area contributed by atoms with E-state index in [-0.39, 0.29) is 6.61 Å². The Kier molecular flexibility index (Phi) is 4.86. The predicted octanol–water partition coefficient (Wildman–Crippen LogP) is 3.29. The number of fused-ring (bicyclic) bond motifs is 1. The van der Waals surface area contributed by atoms with E-state index < -0.39 is 11.9 Å². The summed E-state index contributed by atoms with van der Waals surface area (Å²) in [6.07, 6.45) is 0. The Morgan fingerprint density at radius 1 is 1.11 bits per heavy atom. The molecule has 8 heteroatoms. The number of nitrogens with zero attached hydrogens (tertiary/aromatic N) is 3. The Morgan fingerprint density at radius 3 is 2.63 bits per heavy atom. The maximum Gasteiger partial charge on any atom is 0.242 e. The summed E-state index contributed by atoms with van der Waals surface area (Å²) in [6, 6.07) is 12.5. The molecule has 0 radical (unpaired) electrons. The van der Waals surface area contributed by atoms with Crippen molar-refractivity contribution in [3.63, 3.8) is 0 Å². The van der Waals surface area contributed by atoms with Gasteiger partial charge in [-0.05, 0) is 12.1 Å². The fourth-order valence-corrected chi connectivity index (χ4v) is 3.55. The molecule has 6 nitrogen and oxygen atoms in total. The van der Waals surface area contributed by atoms with Gasteiger partial charge in [0.05, 0.1) is 23.3 Å². The molecule has 1 fully saturated rings. The molecular weight excluding hydrogens is 387 g/mol. The molecule has 1 amide bonds. The standard InChI is InChI=1S/C19H16Cl2N4O2/c20-14-6-5-11(9-15(14)21)17-12-3-1-2-4-13(12)19(24-23-17)25-7-8-27-10-16(25)18(22)26/h1-6,9,16H,7-8,10H2,(H2,22,26). The second kappa shape index (κ2) is 7.31. The van der Waals surface area contributed by atoms with Crippen molar-refractivity contribution in [2.24, 2.45) is 5.73 Å². The quantitative estimate of drug-likeness (QED) is 0.726. The first-order valence-electron chi connectivity index (χ1n) is 8.41. The fourth-order valence-electron chi connectivity index (χ4n) is 3.25. The van der Waals surface area contributed by atoms with Gasteiger partial charge in [0.15, 0.2) is 5.82 Å². The molecule has 0 spiro atoms. The van der Waals surface area contributed by atoms with Gasteiger partial charge in [0, 0.05) is 22.9 Å². The molecule has 1 unspecified atom stereocenters. The van der Waals surface area contributed by atoms with Gasteiger partial charge in [0.1, 0.15) is 11.7 Å². The number of halogens is 2. The van der Waals surface area contributed by atoms with Crippen molar-refractivity contribution >= 4 is 45.7 Å². The number of aromatic nitrogens is 2. The highest BCUT2D eigenvalue weighted by Gasteiger charge is 2.30. The summed E-state index contributed by atoms with van der Waals surface area (Å²) in [5, 5.41) is 11.6. The van der Waals surface area contributed by atoms with E-state index in [2.05, 4.69) is 10.2 Å². The van der Waals surface area contributed by atoms with E-state index in [9.17, 15) is 4.79 Å². The highest BCUT2D eigenvalue weighted by atomic mass is 35.5. The lowest BCUT2D eigenvalue weighted by Gasteiger charge is -2.34. The number of anilines is 1. The highest BCUT2D eigenvalue weighted by molar-refractivity contribution is 6.42. The summed E-state index contributed by atoms with van der Waals surface area (Å²) in [5.41, 5.74) is 7.06. The van der Waals surface area contributed by atoms with Crippen molar-refractivity contribution in [1.82, 2.24) is 10.2 Å². The largest absolute Gasteiger partial charge is 0.377 e. The van der Waals surface area contributed by atoms with E-state index in [0.717, 1.165) is 16.3 Å². The topological polar surface area (TPSA) is 81.3 Å². The van der Waals surface area contributed by atoms with Crippen LogP contribution >= 0.6 is 23.2 Å². The molecule has 0 bridgehead atoms. The Bertz CT molecular complexity index is 1030. The first kappa shape index (κ1) is 18.0. The van der Waals surface area contributed by atoms with Gasteiger partial charge in [-0.2, -0.15) is 0 Å². The third-order valence-electron chi connectivity index (χ3n) is 4.59. The zero-order valence-electron chi connectivity index (χ0n) is 14.2. The Hall–Kier alpha value is -2.41. The minimum Gasteiger partial charge on any atom is -0.377 e. The second-order valence-electron chi connectivity index (χ2n) is 6.23. The number of morpholine rings is 1. The van der Waals surface area contributed by atoms with Crippen molar-refractivity contribution in [3.8, 4) is 11.3 Å². The SMILES string of the molecule is NC(=O)C1COCCN1c1nnc(-c2ccc(Cl)c(Cl)c2)c2ccccc12. The lowest BCUT2D eigenvalue weighted by Crippen LogP contribution is -2.53. The van der Waals surface area contributed by atoms with Crippen LogP contribution in [-0.2, 0) is 9.53 Å². The third-order valence-corrected chi connectivity index (χ3v) is 5.33. The number of carbonyl (C=O) groups excluding carboxylic acids is 1. The van der Waals surface area contributed by atoms with Crippen LogP contribution in [0.4, 0.5) is 5.82 Å². The van der Waals surface area contributed by atoms with Crippen molar-refractivity contribution in [1.29, 1.82) is 0 Å². The normalized spacial score (nSPS) is 17.3. The van der Waals surface area contributed by atoms with Gasteiger partial charge in [-0.1, -0.05) is 53.5 Å². The zero-order valence-corrected chi connectivity index (χ0v) is 15.7. The van der Waals surface area contributed by atoms with Gasteiger partial charge < -0.3 is 15.4 Å². The summed E-state index contributed by atoms with van der Waals surface area (Å²) in [7, 11) is 0. The van der Waals surface area contributed by atoms with Gasteiger partial charge in [-0.3, -0.25) is 4.79 Å². The maximum atomic E-state index is 11.9. The Morgan fingerprint density at radius 2 is 1.89 bits per heavy atom. The van der Waals surface area contributed by atoms with Crippen LogP contribution in [0.15, 0.2) is 42.5 Å². The van der Waals surface area contributed by atoms with Crippen LogP contribution in [0.1, 0.15) is 0 Å². The summed E-state index contributed by atoms with van der Waals surface area (Å²) < 4.78 is 5.41. The average molecular weight is 403 g/mol. The molecule has 4 rings (SSSR count). The smallest absolute Gasteiger partial charge is 0.242 e. The number of carbonyl (C=O) groups is 1. The first-order valence-corrected chi connectivity index (χ1v) is 9.16. The third kappa shape index (κ3) is 3.32. The van der Waals surface area contributed by atoms with Crippen molar-refractivity contribution in [3.05, 3.63) is 52.5 Å². The maximum absolute atomic E-state index is 11.9. The van der Waals surface area contributed by atoms with E-state index >= 15 is 0 Å². The number of amides is 1. The summed E-state index contributed by atoms with van der Waals surface area (Å²) in [4.78, 5) is 13.7. The monoisotopic (exact) mass is 402 g/mol. The molecule has 1 aliphatic heterocycles. The lowest BCUT2D eigenvalue weighted by atomic mass is 10.0. The Balaban J connectivity index is 1.88. The molecule has 2 aromatic carbocycles. The minimum absolute atomic E-state index is 0.236. The van der Waals surface area contributed by atoms with Gasteiger partial charge >= 0.3 is 0 Å². The fraction of sp³-hybridized carbons (Fsp3) is 0.211. The van der Waals surface area contributed by atoms with Gasteiger partial charge in [-0.15, -0.1) is 10.2 Å². The van der Waals surface area contributed by atoms with Gasteiger partial charge in [0.2, 0.25) is 5.91 Å². The molecule has 1 aromatic heterocycles. The van der Waals surface area contributed by atoms with Crippen LogP contribution in [-0.4, -0.2) is 41.9 Å². The molecule has 27 heavy (non-hydrogen) atoms. The number of primary amides is 1. The van der Waals surface area contributed by atoms with Crippen LogP contribution < -0.4 is 10.6 Å². The minimum atomic E-state index is -0.577. The Labute approximate surface area is 165 Å². The molecular formula is C19H16Cl2N4O2. The summed E-state index contributed by atoms with van der Waals surface area (Å²) >= 11 is 12.2. The highest BCUT2D eigenvalue weighted by Crippen LogP contribution is 2.34. The number of nitrogens with two attached hydrogens (primary N) is 1. The van der Waals surface area contributed by atoms with E-state index in [1.165, 1.54) is 0 Å². The van der Waals surface area contributed by atoms with Crippen LogP contribution in [0.3, 0.4) is 0 Å². The van der Waals surface area contributed by atoms with Crippen molar-refractivity contribution in [2.45, 2.75) is 6.04 Å². The van der Waals surface area contributed by atoms with Crippen molar-refractivity contribution in [2.75, 3.05) is 24.7 Å². The van der Waals surface area contributed by atoms with Crippen molar-refractivity contribution < 1.29 is 9.53 Å². The molecule has 138 valence electrons. The van der Waals surface area contributed by atoms with Crippen LogP contribution in [0.5, 0.6) is 0 Å². The van der Waals surface area contributed by atoms with Gasteiger partial charge in [0.25, 0.3) is 0 Å². The summed E-state index contributed by atoms with van der Waals surface area (Å²) in [5.74, 6) is 0.163. The van der Waals surface area contributed by atoms with E-state index in [4.69, 9.17) is 33.7 Å². The molecule has 2 heterocycles. The van der Waals surface area contributed by atoms with E-state index in [1.807, 2.05) is 35.2 Å². The molecule has 0 aliphatic carbocycles. The van der Waals surface area contributed by atoms with Gasteiger partial charge in [-0.25, -0.2) is 0 Å². The predicted molar refractivity (Wildman–Crippen MR) is 106 cm³/mol. The van der Waals surface area contributed by atoms with Crippen LogP contribution in [0, 0.1) is 0 Å². The molecule has 0 saturated carbocycles. The van der Waals surface area contributed by atoms with Crippen LogP contribution in [0.25, 0.3) is 22.0 Å². The zero-order chi connectivity index (χ0) is 19.0. The second-order valence-corrected chi connectivity index (χ2v) is 7.05. The average Bonchev–Trinajstić information content (AvgIpc) is 2.69. The molecule has 3 aromatic rings. The van der Waals surface area contributed by atoms with E-state index in [1.54, 1.807) is 12.1 Å². The number of hydrogen-bond donors (Lipinski definition) is 1. The van der Waals surface area contributed by atoms with Crippen LogP contribution in [0.2, 0.25) is 10.0 Å². The molecule has 2 N–H and O–H groups in total. The molecule has 1 saturated heterocycles.